The molecule has 1 N–H and O–H groups in total. The first kappa shape index (κ1) is 17.7. The lowest BCUT2D eigenvalue weighted by Crippen LogP contribution is -2.24. The van der Waals surface area contributed by atoms with Crippen molar-refractivity contribution in [3.8, 4) is 5.75 Å². The summed E-state index contributed by atoms with van der Waals surface area (Å²) in [5.74, 6) is 0.769. The number of hydrogen-bond donors (Lipinski definition) is 1. The number of benzene rings is 2. The van der Waals surface area contributed by atoms with Gasteiger partial charge in [-0.2, -0.15) is 0 Å². The molecular weight excluding hydrogens is 330 g/mol. The average molecular weight is 351 g/mol. The zero-order chi connectivity index (χ0) is 18.2. The monoisotopic (exact) mass is 351 g/mol. The van der Waals surface area contributed by atoms with Crippen LogP contribution in [0.4, 0.5) is 4.79 Å². The topological polar surface area (TPSA) is 64.6 Å². The normalized spacial score (nSPS) is 13.2. The summed E-state index contributed by atoms with van der Waals surface area (Å²) in [6.45, 7) is 1.19. The molecule has 0 saturated heterocycles. The molecule has 26 heavy (non-hydrogen) atoms. The van der Waals surface area contributed by atoms with Crippen molar-refractivity contribution in [1.82, 2.24) is 5.32 Å². The molecule has 0 saturated carbocycles. The summed E-state index contributed by atoms with van der Waals surface area (Å²) >= 11 is 0. The number of fused-ring (bicyclic) bond motifs is 1. The molecule has 1 heterocycles. The molecule has 0 aromatic heterocycles. The molecule has 0 unspecified atom stereocenters. The molecular formula is C21H21NO4. The van der Waals surface area contributed by atoms with Crippen molar-refractivity contribution in [1.29, 1.82) is 0 Å². The minimum absolute atomic E-state index is 0.115. The molecule has 1 aliphatic heterocycles. The Morgan fingerprint density at radius 2 is 2.04 bits per heavy atom. The lowest BCUT2D eigenvalue weighted by Gasteiger charge is -2.16. The van der Waals surface area contributed by atoms with Crippen molar-refractivity contribution in [2.75, 3.05) is 13.2 Å². The zero-order valence-corrected chi connectivity index (χ0v) is 14.4. The number of rotatable bonds is 6. The number of ketones is 1. The van der Waals surface area contributed by atoms with Gasteiger partial charge in [0.25, 0.3) is 0 Å². The van der Waals surface area contributed by atoms with E-state index in [4.69, 9.17) is 9.47 Å². The summed E-state index contributed by atoms with van der Waals surface area (Å²) in [5.41, 5.74) is 2.53. The number of carbonyl (C=O) groups excluding carboxylic acids is 2. The molecule has 0 fully saturated rings. The van der Waals surface area contributed by atoms with Gasteiger partial charge in [0.1, 0.15) is 12.4 Å². The number of Topliss-reactive ketones (excluding diaryl/α,β-unsaturated/α-hetero) is 1. The van der Waals surface area contributed by atoms with E-state index in [0.717, 1.165) is 11.1 Å². The lowest BCUT2D eigenvalue weighted by molar-refractivity contribution is 0.0933. The predicted octanol–water partition coefficient (Wildman–Crippen LogP) is 3.98. The van der Waals surface area contributed by atoms with Crippen LogP contribution in [-0.2, 0) is 11.3 Å². The largest absolute Gasteiger partial charge is 0.492 e. The highest BCUT2D eigenvalue weighted by atomic mass is 16.5. The molecule has 134 valence electrons. The molecule has 0 atom stereocenters. The molecule has 2 aromatic rings. The van der Waals surface area contributed by atoms with Gasteiger partial charge in [0.2, 0.25) is 0 Å². The van der Waals surface area contributed by atoms with Gasteiger partial charge in [0.05, 0.1) is 12.2 Å². The maximum Gasteiger partial charge on any atom is 0.407 e. The maximum absolute atomic E-state index is 11.9. The molecule has 1 aliphatic rings. The first-order valence-corrected chi connectivity index (χ1v) is 8.63. The smallest absolute Gasteiger partial charge is 0.407 e. The Bertz CT molecular complexity index is 799. The van der Waals surface area contributed by atoms with Crippen molar-refractivity contribution in [2.24, 2.45) is 0 Å². The van der Waals surface area contributed by atoms with Crippen LogP contribution in [-0.4, -0.2) is 25.0 Å². The lowest BCUT2D eigenvalue weighted by atomic mass is 10.0. The highest BCUT2D eigenvalue weighted by Gasteiger charge is 2.17. The van der Waals surface area contributed by atoms with Crippen molar-refractivity contribution < 1.29 is 19.1 Å². The summed E-state index contributed by atoms with van der Waals surface area (Å²) in [6.07, 6.45) is 4.54. The van der Waals surface area contributed by atoms with Gasteiger partial charge in [-0.15, -0.1) is 0 Å². The second-order valence-electron chi connectivity index (χ2n) is 5.96. The molecule has 0 spiro atoms. The minimum Gasteiger partial charge on any atom is -0.492 e. The Balaban J connectivity index is 1.40. The quantitative estimate of drug-likeness (QED) is 0.800. The van der Waals surface area contributed by atoms with Crippen LogP contribution in [0.1, 0.15) is 34.3 Å². The van der Waals surface area contributed by atoms with Crippen LogP contribution in [0, 0.1) is 0 Å². The first-order valence-electron chi connectivity index (χ1n) is 8.63. The summed E-state index contributed by atoms with van der Waals surface area (Å²) in [6, 6.07) is 15.1. The SMILES string of the molecule is O=C(NCCC=Cc1ccc2c(c1)C(=O)CCO2)OCc1ccccc1. The van der Waals surface area contributed by atoms with Crippen LogP contribution in [0.15, 0.2) is 54.6 Å². The molecule has 0 aliphatic carbocycles. The van der Waals surface area contributed by atoms with Gasteiger partial charge in [-0.25, -0.2) is 4.79 Å². The van der Waals surface area contributed by atoms with E-state index in [1.807, 2.05) is 60.7 Å². The number of carbonyl (C=O) groups is 2. The fraction of sp³-hybridized carbons (Fsp3) is 0.238. The standard InChI is InChI=1S/C21H21NO4/c23-19-11-13-25-20-10-9-16(14-18(19)20)6-4-5-12-22-21(24)26-15-17-7-2-1-3-8-17/h1-4,6-10,14H,5,11-13,15H2,(H,22,24). The number of ether oxygens (including phenoxy) is 2. The molecule has 2 aromatic carbocycles. The second kappa shape index (κ2) is 8.85. The Morgan fingerprint density at radius 1 is 1.19 bits per heavy atom. The molecule has 0 bridgehead atoms. The molecule has 5 heteroatoms. The summed E-state index contributed by atoms with van der Waals surface area (Å²) in [7, 11) is 0. The summed E-state index contributed by atoms with van der Waals surface area (Å²) in [5, 5.41) is 2.71. The van der Waals surface area contributed by atoms with Crippen LogP contribution >= 0.6 is 0 Å². The van der Waals surface area contributed by atoms with Gasteiger partial charge < -0.3 is 14.8 Å². The number of alkyl carbamates (subject to hydrolysis) is 1. The van der Waals surface area contributed by atoms with Crippen LogP contribution in [0.3, 0.4) is 0 Å². The first-order chi connectivity index (χ1) is 12.7. The van der Waals surface area contributed by atoms with Crippen molar-refractivity contribution >= 4 is 18.0 Å². The van der Waals surface area contributed by atoms with Crippen LogP contribution < -0.4 is 10.1 Å². The number of amides is 1. The maximum atomic E-state index is 11.9. The third-order valence-electron chi connectivity index (χ3n) is 3.99. The van der Waals surface area contributed by atoms with Gasteiger partial charge in [0.15, 0.2) is 5.78 Å². The minimum atomic E-state index is -0.432. The van der Waals surface area contributed by atoms with Crippen LogP contribution in [0.2, 0.25) is 0 Å². The van der Waals surface area contributed by atoms with Gasteiger partial charge in [0, 0.05) is 13.0 Å². The Hall–Kier alpha value is -3.08. The number of hydrogen-bond acceptors (Lipinski definition) is 4. The Labute approximate surface area is 152 Å². The van der Waals surface area contributed by atoms with E-state index in [9.17, 15) is 9.59 Å². The molecule has 5 nitrogen and oxygen atoms in total. The highest BCUT2D eigenvalue weighted by molar-refractivity contribution is 6.00. The van der Waals surface area contributed by atoms with Crippen molar-refractivity contribution in [3.63, 3.8) is 0 Å². The van der Waals surface area contributed by atoms with E-state index < -0.39 is 6.09 Å². The highest BCUT2D eigenvalue weighted by Crippen LogP contribution is 2.26. The zero-order valence-electron chi connectivity index (χ0n) is 14.4. The van der Waals surface area contributed by atoms with Crippen molar-refractivity contribution in [3.05, 3.63) is 71.3 Å². The van der Waals surface area contributed by atoms with Gasteiger partial charge >= 0.3 is 6.09 Å². The van der Waals surface area contributed by atoms with E-state index in [0.29, 0.717) is 37.3 Å². The Kier molecular flexibility index (Phi) is 6.04. The predicted molar refractivity (Wildman–Crippen MR) is 99.2 cm³/mol. The van der Waals surface area contributed by atoms with Gasteiger partial charge in [-0.1, -0.05) is 48.6 Å². The van der Waals surface area contributed by atoms with E-state index in [1.54, 1.807) is 0 Å². The fourth-order valence-corrected chi connectivity index (χ4v) is 2.63. The Morgan fingerprint density at radius 3 is 2.88 bits per heavy atom. The van der Waals surface area contributed by atoms with E-state index in [2.05, 4.69) is 5.32 Å². The average Bonchev–Trinajstić information content (AvgIpc) is 2.67. The summed E-state index contributed by atoms with van der Waals surface area (Å²) in [4.78, 5) is 23.5. The molecule has 3 rings (SSSR count). The van der Waals surface area contributed by atoms with Crippen LogP contribution in [0.25, 0.3) is 6.08 Å². The third-order valence-corrected chi connectivity index (χ3v) is 3.99. The second-order valence-corrected chi connectivity index (χ2v) is 5.96. The van der Waals surface area contributed by atoms with Gasteiger partial charge in [-0.05, 0) is 29.7 Å². The van der Waals surface area contributed by atoms with Crippen LogP contribution in [0.5, 0.6) is 5.75 Å². The van der Waals surface area contributed by atoms with E-state index in [-0.39, 0.29) is 12.4 Å². The molecule has 1 amide bonds. The van der Waals surface area contributed by atoms with E-state index in [1.165, 1.54) is 0 Å². The number of nitrogens with one attached hydrogen (secondary N) is 1. The van der Waals surface area contributed by atoms with E-state index >= 15 is 0 Å². The third kappa shape index (κ3) is 4.96. The summed E-state index contributed by atoms with van der Waals surface area (Å²) < 4.78 is 10.6. The molecule has 0 radical (unpaired) electrons. The van der Waals surface area contributed by atoms with Gasteiger partial charge in [-0.3, -0.25) is 4.79 Å². The van der Waals surface area contributed by atoms with Crippen molar-refractivity contribution in [2.45, 2.75) is 19.4 Å². The fourth-order valence-electron chi connectivity index (χ4n) is 2.63.